The monoisotopic (exact) mass is 400 g/mol. The summed E-state index contributed by atoms with van der Waals surface area (Å²) >= 11 is 6.12. The van der Waals surface area contributed by atoms with Crippen molar-refractivity contribution in [2.24, 2.45) is 0 Å². The minimum atomic E-state index is -0.116. The molecule has 0 aromatic heterocycles. The number of hydrogen-bond acceptors (Lipinski definition) is 5. The van der Waals surface area contributed by atoms with Crippen molar-refractivity contribution >= 4 is 23.1 Å². The normalized spacial score (nSPS) is 13.2. The molecule has 1 aliphatic heterocycles. The SMILES string of the molecule is COc1cc2c(cc1OCCN(C)C)N(C=CC(=O)c1ccccc1Cl)CC2. The van der Waals surface area contributed by atoms with Crippen LogP contribution in [0.3, 0.4) is 0 Å². The fourth-order valence-corrected chi connectivity index (χ4v) is 3.32. The van der Waals surface area contributed by atoms with Crippen molar-refractivity contribution in [2.75, 3.05) is 45.8 Å². The first-order valence-corrected chi connectivity index (χ1v) is 9.59. The van der Waals surface area contributed by atoms with Gasteiger partial charge in [0.25, 0.3) is 0 Å². The van der Waals surface area contributed by atoms with Crippen LogP contribution in [0.15, 0.2) is 48.7 Å². The summed E-state index contributed by atoms with van der Waals surface area (Å²) in [6.07, 6.45) is 4.26. The standard InChI is InChI=1S/C22H25ClN2O3/c1-24(2)12-13-28-22-15-19-16(14-21(22)27-3)8-10-25(19)11-9-20(26)17-6-4-5-7-18(17)23/h4-7,9,11,14-15H,8,10,12-13H2,1-3H3. The molecule has 0 radical (unpaired) electrons. The largest absolute Gasteiger partial charge is 0.493 e. The van der Waals surface area contributed by atoms with E-state index in [9.17, 15) is 4.79 Å². The second-order valence-electron chi connectivity index (χ2n) is 6.89. The third kappa shape index (κ3) is 4.66. The number of rotatable bonds is 8. The van der Waals surface area contributed by atoms with Gasteiger partial charge in [0.2, 0.25) is 0 Å². The second kappa shape index (κ2) is 9.13. The highest BCUT2D eigenvalue weighted by molar-refractivity contribution is 6.34. The van der Waals surface area contributed by atoms with Crippen LogP contribution in [0, 0.1) is 0 Å². The van der Waals surface area contributed by atoms with E-state index in [-0.39, 0.29) is 5.78 Å². The predicted molar refractivity (Wildman–Crippen MR) is 113 cm³/mol. The van der Waals surface area contributed by atoms with Gasteiger partial charge in [-0.3, -0.25) is 4.79 Å². The summed E-state index contributed by atoms with van der Waals surface area (Å²) in [4.78, 5) is 16.6. The number of carbonyl (C=O) groups excluding carboxylic acids is 1. The second-order valence-corrected chi connectivity index (χ2v) is 7.29. The molecule has 28 heavy (non-hydrogen) atoms. The van der Waals surface area contributed by atoms with Crippen molar-refractivity contribution in [3.05, 3.63) is 64.8 Å². The Hall–Kier alpha value is -2.50. The van der Waals surface area contributed by atoms with E-state index in [0.29, 0.717) is 22.9 Å². The fourth-order valence-electron chi connectivity index (χ4n) is 3.09. The number of likely N-dealkylation sites (N-methyl/N-ethyl adjacent to an activating group) is 1. The molecule has 0 spiro atoms. The lowest BCUT2D eigenvalue weighted by atomic mass is 10.1. The third-order valence-corrected chi connectivity index (χ3v) is 4.97. The van der Waals surface area contributed by atoms with Gasteiger partial charge >= 0.3 is 0 Å². The fraction of sp³-hybridized carbons (Fsp3) is 0.318. The Labute approximate surface area is 171 Å². The van der Waals surface area contributed by atoms with Crippen LogP contribution >= 0.6 is 11.6 Å². The Morgan fingerprint density at radius 1 is 1.25 bits per heavy atom. The number of benzene rings is 2. The number of ether oxygens (including phenoxy) is 2. The Kier molecular flexibility index (Phi) is 6.60. The molecule has 0 N–H and O–H groups in total. The molecule has 1 aliphatic rings. The van der Waals surface area contributed by atoms with E-state index in [4.69, 9.17) is 21.1 Å². The van der Waals surface area contributed by atoms with E-state index in [2.05, 4.69) is 9.80 Å². The summed E-state index contributed by atoms with van der Waals surface area (Å²) in [6.45, 7) is 2.19. The molecule has 1 heterocycles. The van der Waals surface area contributed by atoms with E-state index in [1.807, 2.05) is 44.6 Å². The molecule has 5 nitrogen and oxygen atoms in total. The summed E-state index contributed by atoms with van der Waals surface area (Å²) in [7, 11) is 5.66. The molecule has 0 saturated carbocycles. The predicted octanol–water partition coefficient (Wildman–Crippen LogP) is 4.05. The maximum absolute atomic E-state index is 12.5. The summed E-state index contributed by atoms with van der Waals surface area (Å²) in [5, 5.41) is 0.459. The lowest BCUT2D eigenvalue weighted by molar-refractivity contribution is 0.104. The molecule has 0 fully saturated rings. The molecule has 2 aromatic rings. The third-order valence-electron chi connectivity index (χ3n) is 4.64. The zero-order valence-electron chi connectivity index (χ0n) is 16.4. The highest BCUT2D eigenvalue weighted by Gasteiger charge is 2.21. The van der Waals surface area contributed by atoms with Crippen LogP contribution in [0.2, 0.25) is 5.02 Å². The molecule has 148 valence electrons. The number of carbonyl (C=O) groups is 1. The molecule has 0 bridgehead atoms. The summed E-state index contributed by atoms with van der Waals surface area (Å²) in [5.74, 6) is 1.33. The average Bonchev–Trinajstić information content (AvgIpc) is 3.07. The highest BCUT2D eigenvalue weighted by atomic mass is 35.5. The van der Waals surface area contributed by atoms with Gasteiger partial charge in [-0.25, -0.2) is 0 Å². The van der Waals surface area contributed by atoms with Crippen molar-refractivity contribution in [2.45, 2.75) is 6.42 Å². The number of allylic oxidation sites excluding steroid dienone is 1. The van der Waals surface area contributed by atoms with Gasteiger partial charge in [0.1, 0.15) is 6.61 Å². The van der Waals surface area contributed by atoms with Crippen LogP contribution in [0.5, 0.6) is 11.5 Å². The quantitative estimate of drug-likeness (QED) is 0.494. The zero-order valence-corrected chi connectivity index (χ0v) is 17.2. The molecule has 0 unspecified atom stereocenters. The van der Waals surface area contributed by atoms with E-state index < -0.39 is 0 Å². The summed E-state index contributed by atoms with van der Waals surface area (Å²) < 4.78 is 11.4. The minimum absolute atomic E-state index is 0.116. The van der Waals surface area contributed by atoms with Crippen molar-refractivity contribution in [3.8, 4) is 11.5 Å². The first-order valence-electron chi connectivity index (χ1n) is 9.21. The van der Waals surface area contributed by atoms with Crippen molar-refractivity contribution < 1.29 is 14.3 Å². The van der Waals surface area contributed by atoms with E-state index in [0.717, 1.165) is 30.9 Å². The lowest BCUT2D eigenvalue weighted by Crippen LogP contribution is -2.19. The summed E-state index contributed by atoms with van der Waals surface area (Å²) in [6, 6.07) is 11.1. The number of anilines is 1. The zero-order chi connectivity index (χ0) is 20.1. The van der Waals surface area contributed by atoms with Crippen LogP contribution < -0.4 is 14.4 Å². The Morgan fingerprint density at radius 3 is 2.75 bits per heavy atom. The van der Waals surface area contributed by atoms with Gasteiger partial charge in [0.15, 0.2) is 17.3 Å². The molecule has 0 amide bonds. The first-order chi connectivity index (χ1) is 13.5. The van der Waals surface area contributed by atoms with Gasteiger partial charge in [0, 0.05) is 42.7 Å². The van der Waals surface area contributed by atoms with Gasteiger partial charge in [-0.05, 0) is 44.3 Å². The minimum Gasteiger partial charge on any atom is -0.493 e. The topological polar surface area (TPSA) is 42.0 Å². The van der Waals surface area contributed by atoms with E-state index in [1.165, 1.54) is 5.56 Å². The van der Waals surface area contributed by atoms with Crippen molar-refractivity contribution in [1.29, 1.82) is 0 Å². The number of fused-ring (bicyclic) bond motifs is 1. The van der Waals surface area contributed by atoms with Gasteiger partial charge in [-0.15, -0.1) is 0 Å². The number of methoxy groups -OCH3 is 1. The molecule has 6 heteroatoms. The van der Waals surface area contributed by atoms with Crippen LogP contribution in [0.4, 0.5) is 5.69 Å². The molecule has 3 rings (SSSR count). The van der Waals surface area contributed by atoms with Gasteiger partial charge < -0.3 is 19.3 Å². The molecule has 0 aliphatic carbocycles. The van der Waals surface area contributed by atoms with Crippen LogP contribution in [0.1, 0.15) is 15.9 Å². The van der Waals surface area contributed by atoms with Gasteiger partial charge in [-0.1, -0.05) is 23.7 Å². The van der Waals surface area contributed by atoms with Crippen LogP contribution in [-0.4, -0.2) is 51.6 Å². The molecule has 2 aromatic carbocycles. The Balaban J connectivity index is 1.78. The van der Waals surface area contributed by atoms with E-state index in [1.54, 1.807) is 25.3 Å². The Bertz CT molecular complexity index is 880. The van der Waals surface area contributed by atoms with Gasteiger partial charge in [0.05, 0.1) is 12.1 Å². The number of nitrogens with zero attached hydrogens (tertiary/aromatic N) is 2. The van der Waals surface area contributed by atoms with Crippen molar-refractivity contribution in [1.82, 2.24) is 4.90 Å². The first kappa shape index (κ1) is 20.2. The smallest absolute Gasteiger partial charge is 0.188 e. The van der Waals surface area contributed by atoms with Gasteiger partial charge in [-0.2, -0.15) is 0 Å². The molecule has 0 atom stereocenters. The number of hydrogen-bond donors (Lipinski definition) is 0. The maximum atomic E-state index is 12.5. The highest BCUT2D eigenvalue weighted by Crippen LogP contribution is 2.39. The number of halogens is 1. The molecular weight excluding hydrogens is 376 g/mol. The van der Waals surface area contributed by atoms with Crippen LogP contribution in [-0.2, 0) is 6.42 Å². The van der Waals surface area contributed by atoms with E-state index >= 15 is 0 Å². The van der Waals surface area contributed by atoms with Crippen molar-refractivity contribution in [3.63, 3.8) is 0 Å². The molecular formula is C22H25ClN2O3. The average molecular weight is 401 g/mol. The number of ketones is 1. The summed E-state index contributed by atoms with van der Waals surface area (Å²) in [5.41, 5.74) is 2.71. The Morgan fingerprint density at radius 2 is 2.04 bits per heavy atom. The maximum Gasteiger partial charge on any atom is 0.188 e. The van der Waals surface area contributed by atoms with Crippen LogP contribution in [0.25, 0.3) is 0 Å². The molecule has 0 saturated heterocycles. The lowest BCUT2D eigenvalue weighted by Gasteiger charge is -2.18.